The molecule has 2 N–H and O–H groups in total. The third kappa shape index (κ3) is 5.58. The van der Waals surface area contributed by atoms with Crippen LogP contribution >= 0.6 is 0 Å². The van der Waals surface area contributed by atoms with Crippen molar-refractivity contribution in [1.82, 2.24) is 4.72 Å². The minimum Gasteiger partial charge on any atom is -0.377 e. The number of amides is 1. The van der Waals surface area contributed by atoms with E-state index in [-0.39, 0.29) is 30.1 Å². The SMILES string of the molecule is CCOCC(=O)Nc1ccc(S(=O)(=O)NC[C@H]2CCCO2)cc1. The smallest absolute Gasteiger partial charge is 0.250 e. The van der Waals surface area contributed by atoms with Crippen LogP contribution < -0.4 is 10.0 Å². The van der Waals surface area contributed by atoms with Crippen LogP contribution in [0.1, 0.15) is 19.8 Å². The van der Waals surface area contributed by atoms with Crippen LogP contribution in [0.5, 0.6) is 0 Å². The fourth-order valence-electron chi connectivity index (χ4n) is 2.20. The number of carbonyl (C=O) groups is 1. The maximum atomic E-state index is 12.2. The van der Waals surface area contributed by atoms with Gasteiger partial charge in [-0.1, -0.05) is 0 Å². The molecule has 0 bridgehead atoms. The Morgan fingerprint density at radius 1 is 1.35 bits per heavy atom. The summed E-state index contributed by atoms with van der Waals surface area (Å²) in [6.07, 6.45) is 1.78. The van der Waals surface area contributed by atoms with E-state index in [1.807, 2.05) is 0 Å². The second-order valence-corrected chi connectivity index (χ2v) is 6.96. The van der Waals surface area contributed by atoms with E-state index >= 15 is 0 Å². The predicted octanol–water partition coefficient (Wildman–Crippen LogP) is 1.12. The molecule has 0 aromatic heterocycles. The van der Waals surface area contributed by atoms with Crippen molar-refractivity contribution in [2.24, 2.45) is 0 Å². The average Bonchev–Trinajstić information content (AvgIpc) is 3.05. The Kier molecular flexibility index (Phi) is 6.52. The first-order valence-electron chi connectivity index (χ1n) is 7.60. The largest absolute Gasteiger partial charge is 0.377 e. The molecule has 1 aliphatic rings. The van der Waals surface area contributed by atoms with Crippen LogP contribution in [0.15, 0.2) is 29.2 Å². The standard InChI is InChI=1S/C15H22N2O5S/c1-2-21-11-15(18)17-12-5-7-14(8-6-12)23(19,20)16-10-13-4-3-9-22-13/h5-8,13,16H,2-4,9-11H2,1H3,(H,17,18)/t13-/m1/s1. The van der Waals surface area contributed by atoms with E-state index in [9.17, 15) is 13.2 Å². The van der Waals surface area contributed by atoms with Gasteiger partial charge in [0.15, 0.2) is 0 Å². The topological polar surface area (TPSA) is 93.7 Å². The first-order valence-corrected chi connectivity index (χ1v) is 9.08. The molecule has 1 saturated heterocycles. The van der Waals surface area contributed by atoms with Gasteiger partial charge in [-0.3, -0.25) is 4.79 Å². The van der Waals surface area contributed by atoms with Gasteiger partial charge in [-0.15, -0.1) is 0 Å². The molecule has 128 valence electrons. The van der Waals surface area contributed by atoms with Crippen LogP contribution in [0.2, 0.25) is 0 Å². The van der Waals surface area contributed by atoms with Crippen molar-refractivity contribution in [3.05, 3.63) is 24.3 Å². The van der Waals surface area contributed by atoms with E-state index < -0.39 is 10.0 Å². The van der Waals surface area contributed by atoms with E-state index in [1.54, 1.807) is 19.1 Å². The van der Waals surface area contributed by atoms with Crippen molar-refractivity contribution >= 4 is 21.6 Å². The minimum atomic E-state index is -3.57. The maximum Gasteiger partial charge on any atom is 0.250 e. The van der Waals surface area contributed by atoms with E-state index in [1.165, 1.54) is 12.1 Å². The number of hydrogen-bond acceptors (Lipinski definition) is 5. The summed E-state index contributed by atoms with van der Waals surface area (Å²) in [4.78, 5) is 11.7. The summed E-state index contributed by atoms with van der Waals surface area (Å²) < 4.78 is 37.3. The van der Waals surface area contributed by atoms with Gasteiger partial charge < -0.3 is 14.8 Å². The van der Waals surface area contributed by atoms with Crippen LogP contribution in [-0.2, 0) is 24.3 Å². The number of sulfonamides is 1. The van der Waals surface area contributed by atoms with Gasteiger partial charge in [-0.05, 0) is 44.0 Å². The predicted molar refractivity (Wildman–Crippen MR) is 85.7 cm³/mol. The van der Waals surface area contributed by atoms with E-state index in [0.29, 0.717) is 18.9 Å². The molecule has 8 heteroatoms. The highest BCUT2D eigenvalue weighted by Gasteiger charge is 2.20. The van der Waals surface area contributed by atoms with Gasteiger partial charge in [-0.25, -0.2) is 13.1 Å². The Hall–Kier alpha value is -1.48. The lowest BCUT2D eigenvalue weighted by atomic mass is 10.2. The maximum absolute atomic E-state index is 12.2. The van der Waals surface area contributed by atoms with Crippen LogP contribution in [0.3, 0.4) is 0 Å². The molecule has 7 nitrogen and oxygen atoms in total. The molecule has 1 amide bonds. The van der Waals surface area contributed by atoms with Crippen LogP contribution in [0, 0.1) is 0 Å². The van der Waals surface area contributed by atoms with Gasteiger partial charge in [0.05, 0.1) is 11.0 Å². The fourth-order valence-corrected chi connectivity index (χ4v) is 3.27. The second-order valence-electron chi connectivity index (χ2n) is 5.20. The lowest BCUT2D eigenvalue weighted by Gasteiger charge is -2.12. The molecule has 0 spiro atoms. The summed E-state index contributed by atoms with van der Waals surface area (Å²) in [6.45, 7) is 3.19. The summed E-state index contributed by atoms with van der Waals surface area (Å²) in [7, 11) is -3.57. The second kappa shape index (κ2) is 8.39. The molecule has 1 aromatic carbocycles. The fraction of sp³-hybridized carbons (Fsp3) is 0.533. The Balaban J connectivity index is 1.90. The Morgan fingerprint density at radius 2 is 2.09 bits per heavy atom. The first kappa shape index (κ1) is 17.9. The lowest BCUT2D eigenvalue weighted by Crippen LogP contribution is -2.31. The summed E-state index contributed by atoms with van der Waals surface area (Å²) >= 11 is 0. The van der Waals surface area contributed by atoms with Crippen LogP contribution in [-0.4, -0.2) is 46.8 Å². The lowest BCUT2D eigenvalue weighted by molar-refractivity contribution is -0.120. The molecule has 1 fully saturated rings. The van der Waals surface area contributed by atoms with Crippen molar-refractivity contribution < 1.29 is 22.7 Å². The van der Waals surface area contributed by atoms with Crippen molar-refractivity contribution in [3.63, 3.8) is 0 Å². The third-order valence-corrected chi connectivity index (χ3v) is 4.85. The highest BCUT2D eigenvalue weighted by atomic mass is 32.2. The summed E-state index contributed by atoms with van der Waals surface area (Å²) in [5.41, 5.74) is 0.521. The van der Waals surface area contributed by atoms with Gasteiger partial charge in [0, 0.05) is 25.4 Å². The zero-order valence-corrected chi connectivity index (χ0v) is 13.9. The number of carbonyl (C=O) groups excluding carboxylic acids is 1. The molecule has 1 atom stereocenters. The zero-order valence-electron chi connectivity index (χ0n) is 13.1. The third-order valence-electron chi connectivity index (χ3n) is 3.41. The van der Waals surface area contributed by atoms with Crippen molar-refractivity contribution in [3.8, 4) is 0 Å². The molecule has 0 saturated carbocycles. The van der Waals surface area contributed by atoms with Crippen molar-refractivity contribution in [2.75, 3.05) is 31.7 Å². The molecule has 0 aliphatic carbocycles. The Labute approximate surface area is 136 Å². The molecular formula is C15H22N2O5S. The van der Waals surface area contributed by atoms with Gasteiger partial charge in [-0.2, -0.15) is 0 Å². The first-order chi connectivity index (χ1) is 11.0. The Morgan fingerprint density at radius 3 is 2.70 bits per heavy atom. The quantitative estimate of drug-likeness (QED) is 0.738. The highest BCUT2D eigenvalue weighted by molar-refractivity contribution is 7.89. The Bertz CT molecular complexity index is 609. The number of rotatable bonds is 8. The highest BCUT2D eigenvalue weighted by Crippen LogP contribution is 2.15. The van der Waals surface area contributed by atoms with Crippen molar-refractivity contribution in [2.45, 2.75) is 30.8 Å². The zero-order chi connectivity index (χ0) is 16.7. The van der Waals surface area contributed by atoms with Gasteiger partial charge >= 0.3 is 0 Å². The molecular weight excluding hydrogens is 320 g/mol. The molecule has 23 heavy (non-hydrogen) atoms. The molecule has 1 aromatic rings. The van der Waals surface area contributed by atoms with E-state index in [4.69, 9.17) is 9.47 Å². The van der Waals surface area contributed by atoms with E-state index in [2.05, 4.69) is 10.0 Å². The molecule has 1 aliphatic heterocycles. The number of nitrogens with one attached hydrogen (secondary N) is 2. The molecule has 1 heterocycles. The minimum absolute atomic E-state index is 0.0283. The average molecular weight is 342 g/mol. The monoisotopic (exact) mass is 342 g/mol. The van der Waals surface area contributed by atoms with Gasteiger partial charge in [0.2, 0.25) is 15.9 Å². The summed E-state index contributed by atoms with van der Waals surface area (Å²) in [5.74, 6) is -0.279. The number of benzene rings is 1. The number of anilines is 1. The van der Waals surface area contributed by atoms with Gasteiger partial charge in [0.25, 0.3) is 0 Å². The number of hydrogen-bond donors (Lipinski definition) is 2. The van der Waals surface area contributed by atoms with Crippen LogP contribution in [0.25, 0.3) is 0 Å². The van der Waals surface area contributed by atoms with Crippen LogP contribution in [0.4, 0.5) is 5.69 Å². The number of ether oxygens (including phenoxy) is 2. The normalized spacial score (nSPS) is 18.0. The van der Waals surface area contributed by atoms with Gasteiger partial charge in [0.1, 0.15) is 6.61 Å². The van der Waals surface area contributed by atoms with E-state index in [0.717, 1.165) is 12.8 Å². The molecule has 0 radical (unpaired) electrons. The summed E-state index contributed by atoms with van der Waals surface area (Å²) in [6, 6.07) is 6.00. The molecule has 2 rings (SSSR count). The van der Waals surface area contributed by atoms with Crippen molar-refractivity contribution in [1.29, 1.82) is 0 Å². The molecule has 0 unspecified atom stereocenters. The summed E-state index contributed by atoms with van der Waals surface area (Å²) in [5, 5.41) is 2.63.